The minimum Gasteiger partial charge on any atom is -0.479 e. The number of ether oxygens (including phenoxy) is 1. The molecule has 2 atom stereocenters. The number of nitrogens with zero attached hydrogens (tertiary/aromatic N) is 2. The molecular weight excluding hydrogens is 400 g/mol. The number of carbonyl (C=O) groups excluding carboxylic acids is 2. The van der Waals surface area contributed by atoms with Crippen LogP contribution in [0.5, 0.6) is 5.75 Å². The predicted molar refractivity (Wildman–Crippen MR) is 119 cm³/mol. The molecule has 8 heteroatoms. The Hall–Kier alpha value is -3.00. The Morgan fingerprint density at radius 2 is 2.03 bits per heavy atom. The number of aromatic nitrogens is 2. The van der Waals surface area contributed by atoms with E-state index in [1.54, 1.807) is 30.8 Å². The van der Waals surface area contributed by atoms with Crippen LogP contribution in [0.1, 0.15) is 25.2 Å². The predicted octanol–water partition coefficient (Wildman–Crippen LogP) is 3.29. The molecule has 4 rings (SSSR count). The van der Waals surface area contributed by atoms with Gasteiger partial charge in [0.15, 0.2) is 6.10 Å². The molecule has 0 radical (unpaired) electrons. The zero-order chi connectivity index (χ0) is 21.1. The maximum atomic E-state index is 12.9. The normalized spacial score (nSPS) is 16.8. The third-order valence-corrected chi connectivity index (χ3v) is 5.70. The van der Waals surface area contributed by atoms with E-state index >= 15 is 0 Å². The van der Waals surface area contributed by atoms with Gasteiger partial charge in [0.1, 0.15) is 18.1 Å². The van der Waals surface area contributed by atoms with Gasteiger partial charge in [-0.3, -0.25) is 14.5 Å². The summed E-state index contributed by atoms with van der Waals surface area (Å²) >= 11 is 1.71. The highest BCUT2D eigenvalue weighted by molar-refractivity contribution is 7.98. The Labute approximate surface area is 179 Å². The summed E-state index contributed by atoms with van der Waals surface area (Å²) in [6.07, 6.45) is 2.13. The fourth-order valence-electron chi connectivity index (χ4n) is 3.56. The number of imidazole rings is 1. The van der Waals surface area contributed by atoms with Gasteiger partial charge in [0.2, 0.25) is 5.91 Å². The Morgan fingerprint density at radius 3 is 2.83 bits per heavy atom. The molecule has 156 valence electrons. The fraction of sp³-hybridized carbons (Fsp3) is 0.318. The molecule has 2 heterocycles. The molecule has 0 saturated heterocycles. The summed E-state index contributed by atoms with van der Waals surface area (Å²) in [5, 5.41) is 3.06. The van der Waals surface area contributed by atoms with Gasteiger partial charge in [-0.2, -0.15) is 11.8 Å². The average molecular weight is 425 g/mol. The molecule has 3 aromatic rings. The lowest BCUT2D eigenvalue weighted by Gasteiger charge is -2.32. The molecule has 0 aliphatic carbocycles. The van der Waals surface area contributed by atoms with Gasteiger partial charge in [-0.25, -0.2) is 4.98 Å². The summed E-state index contributed by atoms with van der Waals surface area (Å²) < 4.78 is 5.65. The molecule has 0 bridgehead atoms. The largest absolute Gasteiger partial charge is 0.479 e. The van der Waals surface area contributed by atoms with Gasteiger partial charge in [0, 0.05) is 0 Å². The lowest BCUT2D eigenvalue weighted by atomic mass is 10.1. The Morgan fingerprint density at radius 1 is 1.27 bits per heavy atom. The zero-order valence-electron chi connectivity index (χ0n) is 16.9. The first-order chi connectivity index (χ1) is 14.6. The van der Waals surface area contributed by atoms with Gasteiger partial charge in [0.05, 0.1) is 22.8 Å². The summed E-state index contributed by atoms with van der Waals surface area (Å²) in [5.74, 6) is 1.74. The average Bonchev–Trinajstić information content (AvgIpc) is 3.18. The molecule has 2 N–H and O–H groups in total. The zero-order valence-corrected chi connectivity index (χ0v) is 17.7. The number of H-pyrrole nitrogens is 1. The first-order valence-electron chi connectivity index (χ1n) is 9.87. The molecule has 30 heavy (non-hydrogen) atoms. The van der Waals surface area contributed by atoms with Crippen LogP contribution in [0.3, 0.4) is 0 Å². The van der Waals surface area contributed by atoms with E-state index < -0.39 is 6.10 Å². The number of rotatable bonds is 7. The van der Waals surface area contributed by atoms with E-state index in [4.69, 9.17) is 4.74 Å². The van der Waals surface area contributed by atoms with E-state index in [2.05, 4.69) is 15.3 Å². The Kier molecular flexibility index (Phi) is 5.94. The minimum absolute atomic E-state index is 0.0699. The molecule has 2 aromatic carbocycles. The number of hydrogen-bond donors (Lipinski definition) is 2. The molecular formula is C22H24N4O3S. The summed E-state index contributed by atoms with van der Waals surface area (Å²) in [6.45, 7) is 1.62. The second kappa shape index (κ2) is 8.79. The van der Waals surface area contributed by atoms with Crippen molar-refractivity contribution in [3.8, 4) is 5.75 Å². The van der Waals surface area contributed by atoms with Crippen LogP contribution in [0.25, 0.3) is 11.0 Å². The molecule has 1 aliphatic rings. The van der Waals surface area contributed by atoms with Crippen molar-refractivity contribution in [1.29, 1.82) is 0 Å². The quantitative estimate of drug-likeness (QED) is 0.608. The SMILES string of the molecule is CSCC[C@H](NC(=O)CN1C(=O)[C@@H](C)Oc2ccccc21)c1nc2ccccc2[nH]1. The van der Waals surface area contributed by atoms with Crippen LogP contribution in [0.2, 0.25) is 0 Å². The lowest BCUT2D eigenvalue weighted by molar-refractivity contribution is -0.128. The summed E-state index contributed by atoms with van der Waals surface area (Å²) in [4.78, 5) is 35.1. The molecule has 0 unspecified atom stereocenters. The number of hydrogen-bond acceptors (Lipinski definition) is 5. The van der Waals surface area contributed by atoms with Gasteiger partial charge in [-0.05, 0) is 49.6 Å². The Balaban J connectivity index is 1.53. The van der Waals surface area contributed by atoms with Gasteiger partial charge in [-0.1, -0.05) is 24.3 Å². The van der Waals surface area contributed by atoms with E-state index in [9.17, 15) is 9.59 Å². The highest BCUT2D eigenvalue weighted by Gasteiger charge is 2.33. The number of fused-ring (bicyclic) bond motifs is 2. The second-order valence-corrected chi connectivity index (χ2v) is 8.18. The molecule has 2 amide bonds. The van der Waals surface area contributed by atoms with Crippen molar-refractivity contribution < 1.29 is 14.3 Å². The van der Waals surface area contributed by atoms with Crippen LogP contribution >= 0.6 is 11.8 Å². The van der Waals surface area contributed by atoms with Gasteiger partial charge in [-0.15, -0.1) is 0 Å². The smallest absolute Gasteiger partial charge is 0.268 e. The molecule has 0 fully saturated rings. The Bertz CT molecular complexity index is 1030. The number of aromatic amines is 1. The maximum absolute atomic E-state index is 12.9. The number of thioether (sulfide) groups is 1. The molecule has 7 nitrogen and oxygen atoms in total. The molecule has 1 aliphatic heterocycles. The number of anilines is 1. The third kappa shape index (κ3) is 4.14. The van der Waals surface area contributed by atoms with Crippen molar-refractivity contribution in [1.82, 2.24) is 15.3 Å². The monoisotopic (exact) mass is 424 g/mol. The maximum Gasteiger partial charge on any atom is 0.268 e. The highest BCUT2D eigenvalue weighted by atomic mass is 32.2. The van der Waals surface area contributed by atoms with E-state index in [1.165, 1.54) is 4.90 Å². The van der Waals surface area contributed by atoms with Crippen molar-refractivity contribution in [2.75, 3.05) is 23.5 Å². The van der Waals surface area contributed by atoms with Crippen LogP contribution in [0.4, 0.5) is 5.69 Å². The van der Waals surface area contributed by atoms with E-state index in [-0.39, 0.29) is 24.4 Å². The van der Waals surface area contributed by atoms with Gasteiger partial charge in [0.25, 0.3) is 5.91 Å². The number of amides is 2. The first kappa shape index (κ1) is 20.3. The molecule has 0 saturated carbocycles. The number of para-hydroxylation sites is 4. The lowest BCUT2D eigenvalue weighted by Crippen LogP contribution is -2.49. The van der Waals surface area contributed by atoms with Crippen LogP contribution in [-0.2, 0) is 9.59 Å². The van der Waals surface area contributed by atoms with Crippen molar-refractivity contribution in [2.45, 2.75) is 25.5 Å². The van der Waals surface area contributed by atoms with Gasteiger partial charge >= 0.3 is 0 Å². The third-order valence-electron chi connectivity index (χ3n) is 5.06. The minimum atomic E-state index is -0.629. The van der Waals surface area contributed by atoms with Crippen LogP contribution in [-0.4, -0.2) is 46.4 Å². The van der Waals surface area contributed by atoms with Crippen LogP contribution in [0.15, 0.2) is 48.5 Å². The number of benzene rings is 2. The summed E-state index contributed by atoms with van der Waals surface area (Å²) in [6, 6.07) is 14.8. The van der Waals surface area contributed by atoms with Crippen molar-refractivity contribution in [3.63, 3.8) is 0 Å². The summed E-state index contributed by atoms with van der Waals surface area (Å²) in [7, 11) is 0. The van der Waals surface area contributed by atoms with Crippen molar-refractivity contribution in [3.05, 3.63) is 54.4 Å². The number of nitrogens with one attached hydrogen (secondary N) is 2. The highest BCUT2D eigenvalue weighted by Crippen LogP contribution is 2.33. The van der Waals surface area contributed by atoms with E-state index in [0.717, 1.165) is 29.0 Å². The first-order valence-corrected chi connectivity index (χ1v) is 11.3. The second-order valence-electron chi connectivity index (χ2n) is 7.19. The summed E-state index contributed by atoms with van der Waals surface area (Å²) in [5.41, 5.74) is 2.41. The number of carbonyl (C=O) groups is 2. The van der Waals surface area contributed by atoms with E-state index in [1.807, 2.05) is 42.7 Å². The van der Waals surface area contributed by atoms with Crippen LogP contribution < -0.4 is 15.0 Å². The van der Waals surface area contributed by atoms with E-state index in [0.29, 0.717) is 11.4 Å². The molecule has 0 spiro atoms. The topological polar surface area (TPSA) is 87.3 Å². The fourth-order valence-corrected chi connectivity index (χ4v) is 4.03. The van der Waals surface area contributed by atoms with Crippen LogP contribution in [0, 0.1) is 0 Å². The van der Waals surface area contributed by atoms with Crippen molar-refractivity contribution in [2.24, 2.45) is 0 Å². The standard InChI is InChI=1S/C22H24N4O3S/c1-14-22(28)26(18-9-5-6-10-19(18)29-14)13-20(27)23-17(11-12-30-2)21-24-15-7-3-4-8-16(15)25-21/h3-10,14,17H,11-13H2,1-2H3,(H,23,27)(H,24,25)/t14-,17+/m1/s1. The van der Waals surface area contributed by atoms with Crippen molar-refractivity contribution >= 4 is 40.3 Å². The molecule has 1 aromatic heterocycles. The van der Waals surface area contributed by atoms with Gasteiger partial charge < -0.3 is 15.0 Å².